The molecular weight excluding hydrogens is 170 g/mol. The van der Waals surface area contributed by atoms with E-state index in [4.69, 9.17) is 0 Å². The molecule has 0 aromatic rings. The fraction of sp³-hybridized carbons (Fsp3) is 0.692. The second-order valence-corrected chi connectivity index (χ2v) is 5.42. The maximum absolute atomic E-state index is 3.64. The normalized spacial score (nSPS) is 45.6. The standard InChI is InChI=1S/C13H19N/c1-13-6-7-14-11(9-13)8-10-4-2-3-5-12(10)13/h2-4,11-12,14H,5-9H2,1H3. The van der Waals surface area contributed by atoms with Gasteiger partial charge in [-0.15, -0.1) is 0 Å². The molecule has 2 bridgehead atoms. The quantitative estimate of drug-likeness (QED) is 0.617. The second-order valence-electron chi connectivity index (χ2n) is 5.42. The van der Waals surface area contributed by atoms with Crippen molar-refractivity contribution in [3.8, 4) is 0 Å². The average Bonchev–Trinajstić information content (AvgIpc) is 2.17. The van der Waals surface area contributed by atoms with Gasteiger partial charge in [-0.25, -0.2) is 0 Å². The van der Waals surface area contributed by atoms with Crippen LogP contribution in [0.2, 0.25) is 0 Å². The molecule has 3 aliphatic rings. The van der Waals surface area contributed by atoms with E-state index in [1.54, 1.807) is 5.57 Å². The molecule has 1 nitrogen and oxygen atoms in total. The Balaban J connectivity index is 1.96. The van der Waals surface area contributed by atoms with Gasteiger partial charge in [0.2, 0.25) is 0 Å². The number of hydrogen-bond donors (Lipinski definition) is 1. The average molecular weight is 189 g/mol. The summed E-state index contributed by atoms with van der Waals surface area (Å²) in [5, 5.41) is 3.64. The highest BCUT2D eigenvalue weighted by atomic mass is 14.9. The lowest BCUT2D eigenvalue weighted by Gasteiger charge is -2.50. The van der Waals surface area contributed by atoms with Crippen LogP contribution in [0, 0.1) is 11.3 Å². The fourth-order valence-corrected chi connectivity index (χ4v) is 3.66. The van der Waals surface area contributed by atoms with Crippen molar-refractivity contribution in [1.82, 2.24) is 5.32 Å². The van der Waals surface area contributed by atoms with Crippen molar-refractivity contribution in [2.45, 2.75) is 38.6 Å². The summed E-state index contributed by atoms with van der Waals surface area (Å²) in [6.45, 7) is 3.73. The third-order valence-electron chi connectivity index (χ3n) is 4.43. The van der Waals surface area contributed by atoms with Crippen LogP contribution in [0.1, 0.15) is 32.6 Å². The summed E-state index contributed by atoms with van der Waals surface area (Å²) in [6.07, 6.45) is 12.3. The van der Waals surface area contributed by atoms with Gasteiger partial charge in [-0.3, -0.25) is 0 Å². The van der Waals surface area contributed by atoms with E-state index in [2.05, 4.69) is 30.5 Å². The van der Waals surface area contributed by atoms with Crippen LogP contribution in [-0.2, 0) is 0 Å². The minimum absolute atomic E-state index is 0.588. The SMILES string of the molecule is CC12CCNC(CC3=CC=CCC31)C2. The number of nitrogens with one attached hydrogen (secondary N) is 1. The van der Waals surface area contributed by atoms with Crippen LogP contribution >= 0.6 is 0 Å². The highest BCUT2D eigenvalue weighted by Crippen LogP contribution is 2.50. The van der Waals surface area contributed by atoms with Gasteiger partial charge in [0.1, 0.15) is 0 Å². The zero-order valence-corrected chi connectivity index (χ0v) is 8.92. The van der Waals surface area contributed by atoms with Gasteiger partial charge in [0.15, 0.2) is 0 Å². The number of fused-ring (bicyclic) bond motifs is 4. The Kier molecular flexibility index (Phi) is 1.85. The summed E-state index contributed by atoms with van der Waals surface area (Å²) >= 11 is 0. The van der Waals surface area contributed by atoms with Crippen molar-refractivity contribution >= 4 is 0 Å². The van der Waals surface area contributed by atoms with Gasteiger partial charge in [-0.05, 0) is 43.6 Å². The first-order chi connectivity index (χ1) is 6.78. The molecule has 2 fully saturated rings. The number of hydrogen-bond acceptors (Lipinski definition) is 1. The van der Waals surface area contributed by atoms with E-state index < -0.39 is 0 Å². The van der Waals surface area contributed by atoms with E-state index in [9.17, 15) is 0 Å². The molecule has 1 N–H and O–H groups in total. The van der Waals surface area contributed by atoms with Gasteiger partial charge in [0.25, 0.3) is 0 Å². The zero-order chi connectivity index (χ0) is 9.60. The summed E-state index contributed by atoms with van der Waals surface area (Å²) in [5.41, 5.74) is 2.29. The molecule has 0 spiro atoms. The number of piperidine rings is 1. The van der Waals surface area contributed by atoms with Crippen molar-refractivity contribution < 1.29 is 0 Å². The van der Waals surface area contributed by atoms with Crippen LogP contribution in [0.25, 0.3) is 0 Å². The maximum Gasteiger partial charge on any atom is 0.0110 e. The lowest BCUT2D eigenvalue weighted by molar-refractivity contribution is 0.0905. The minimum atomic E-state index is 0.588. The molecule has 76 valence electrons. The lowest BCUT2D eigenvalue weighted by Crippen LogP contribution is -2.50. The Morgan fingerprint density at radius 3 is 3.36 bits per heavy atom. The Bertz CT molecular complexity index is 302. The number of rotatable bonds is 0. The largest absolute Gasteiger partial charge is 0.314 e. The van der Waals surface area contributed by atoms with Crippen LogP contribution in [-0.4, -0.2) is 12.6 Å². The van der Waals surface area contributed by atoms with E-state index in [0.29, 0.717) is 5.41 Å². The van der Waals surface area contributed by atoms with E-state index in [0.717, 1.165) is 12.0 Å². The third kappa shape index (κ3) is 1.18. The van der Waals surface area contributed by atoms with Crippen LogP contribution in [0.5, 0.6) is 0 Å². The second kappa shape index (κ2) is 2.96. The molecule has 14 heavy (non-hydrogen) atoms. The molecule has 3 rings (SSSR count). The Morgan fingerprint density at radius 1 is 1.50 bits per heavy atom. The maximum atomic E-state index is 3.64. The first kappa shape index (κ1) is 8.72. The van der Waals surface area contributed by atoms with Gasteiger partial charge >= 0.3 is 0 Å². The summed E-state index contributed by atoms with van der Waals surface area (Å²) < 4.78 is 0. The molecule has 1 heteroatoms. The van der Waals surface area contributed by atoms with Crippen molar-refractivity contribution in [2.75, 3.05) is 6.54 Å². The van der Waals surface area contributed by atoms with Crippen LogP contribution in [0.4, 0.5) is 0 Å². The van der Waals surface area contributed by atoms with Crippen molar-refractivity contribution in [2.24, 2.45) is 11.3 Å². The molecule has 1 saturated carbocycles. The third-order valence-corrected chi connectivity index (χ3v) is 4.43. The van der Waals surface area contributed by atoms with E-state index in [1.807, 2.05) is 0 Å². The molecule has 2 aliphatic carbocycles. The lowest BCUT2D eigenvalue weighted by atomic mass is 9.58. The molecule has 0 amide bonds. The summed E-state index contributed by atoms with van der Waals surface area (Å²) in [6, 6.07) is 0.766. The monoisotopic (exact) mass is 189 g/mol. The van der Waals surface area contributed by atoms with Gasteiger partial charge < -0.3 is 5.32 Å². The molecular formula is C13H19N. The Morgan fingerprint density at radius 2 is 2.43 bits per heavy atom. The highest BCUT2D eigenvalue weighted by Gasteiger charge is 2.44. The molecule has 1 saturated heterocycles. The smallest absolute Gasteiger partial charge is 0.0110 e. The summed E-state index contributed by atoms with van der Waals surface area (Å²) in [7, 11) is 0. The van der Waals surface area contributed by atoms with Crippen molar-refractivity contribution in [3.63, 3.8) is 0 Å². The predicted octanol–water partition coefficient (Wildman–Crippen LogP) is 2.65. The molecule has 1 heterocycles. The zero-order valence-electron chi connectivity index (χ0n) is 8.92. The predicted molar refractivity (Wildman–Crippen MR) is 59.1 cm³/mol. The van der Waals surface area contributed by atoms with Gasteiger partial charge in [0, 0.05) is 6.04 Å². The Hall–Kier alpha value is -0.560. The molecule has 0 aromatic heterocycles. The first-order valence-electron chi connectivity index (χ1n) is 5.87. The molecule has 0 aromatic carbocycles. The molecule has 3 unspecified atom stereocenters. The van der Waals surface area contributed by atoms with Crippen molar-refractivity contribution in [3.05, 3.63) is 23.8 Å². The molecule has 1 aliphatic heterocycles. The van der Waals surface area contributed by atoms with Crippen LogP contribution < -0.4 is 5.32 Å². The summed E-state index contributed by atoms with van der Waals surface area (Å²) in [5.74, 6) is 0.853. The molecule has 0 radical (unpaired) electrons. The fourth-order valence-electron chi connectivity index (χ4n) is 3.66. The van der Waals surface area contributed by atoms with E-state index in [-0.39, 0.29) is 0 Å². The number of allylic oxidation sites excluding steroid dienone is 3. The highest BCUT2D eigenvalue weighted by molar-refractivity contribution is 5.27. The van der Waals surface area contributed by atoms with E-state index in [1.165, 1.54) is 32.2 Å². The first-order valence-corrected chi connectivity index (χ1v) is 5.87. The summed E-state index contributed by atoms with van der Waals surface area (Å²) in [4.78, 5) is 0. The van der Waals surface area contributed by atoms with Crippen LogP contribution in [0.3, 0.4) is 0 Å². The van der Waals surface area contributed by atoms with Gasteiger partial charge in [-0.1, -0.05) is 30.7 Å². The minimum Gasteiger partial charge on any atom is -0.314 e. The van der Waals surface area contributed by atoms with Gasteiger partial charge in [0.05, 0.1) is 0 Å². The van der Waals surface area contributed by atoms with Crippen LogP contribution in [0.15, 0.2) is 23.8 Å². The van der Waals surface area contributed by atoms with E-state index >= 15 is 0 Å². The Labute approximate surface area is 86.3 Å². The molecule has 3 atom stereocenters. The van der Waals surface area contributed by atoms with Crippen molar-refractivity contribution in [1.29, 1.82) is 0 Å². The van der Waals surface area contributed by atoms with Gasteiger partial charge in [-0.2, -0.15) is 0 Å². The topological polar surface area (TPSA) is 12.0 Å².